The first-order chi connectivity index (χ1) is 13.3. The second-order valence-corrected chi connectivity index (χ2v) is 8.02. The standard InChI is InChI=1S/C18H16N4O5S/c19-13-15-4-1-2-7-17(15)28(26,27)21-10-8-20(9-11-21)18(23)14-5-3-6-16(12-14)22(24)25/h1-7,12H,8-11H2. The number of carbonyl (C=O) groups is 1. The summed E-state index contributed by atoms with van der Waals surface area (Å²) in [6.07, 6.45) is 0. The van der Waals surface area contributed by atoms with Crippen LogP contribution in [0.4, 0.5) is 5.69 Å². The minimum absolute atomic E-state index is 0.0593. The Balaban J connectivity index is 1.74. The minimum atomic E-state index is -3.85. The summed E-state index contributed by atoms with van der Waals surface area (Å²) in [7, 11) is -3.85. The molecule has 2 aromatic rings. The second kappa shape index (κ2) is 7.75. The van der Waals surface area contributed by atoms with Gasteiger partial charge in [-0.05, 0) is 18.2 Å². The normalized spacial score (nSPS) is 15.0. The van der Waals surface area contributed by atoms with Crippen molar-refractivity contribution in [1.82, 2.24) is 9.21 Å². The third-order valence-electron chi connectivity index (χ3n) is 4.46. The van der Waals surface area contributed by atoms with Crippen LogP contribution in [0.2, 0.25) is 0 Å². The van der Waals surface area contributed by atoms with Crippen LogP contribution < -0.4 is 0 Å². The molecule has 1 fully saturated rings. The van der Waals surface area contributed by atoms with Gasteiger partial charge in [0.25, 0.3) is 11.6 Å². The molecule has 144 valence electrons. The van der Waals surface area contributed by atoms with E-state index in [0.717, 1.165) is 0 Å². The maximum absolute atomic E-state index is 12.8. The van der Waals surface area contributed by atoms with Crippen molar-refractivity contribution in [2.75, 3.05) is 26.2 Å². The number of nitrogens with zero attached hydrogens (tertiary/aromatic N) is 4. The van der Waals surface area contributed by atoms with E-state index in [1.807, 2.05) is 6.07 Å². The van der Waals surface area contributed by atoms with Crippen LogP contribution in [-0.4, -0.2) is 54.6 Å². The molecule has 1 heterocycles. The van der Waals surface area contributed by atoms with E-state index >= 15 is 0 Å². The lowest BCUT2D eigenvalue weighted by Crippen LogP contribution is -2.50. The summed E-state index contributed by atoms with van der Waals surface area (Å²) in [6, 6.07) is 13.3. The monoisotopic (exact) mass is 400 g/mol. The number of nitro groups is 1. The fraction of sp³-hybridized carbons (Fsp3) is 0.222. The highest BCUT2D eigenvalue weighted by Gasteiger charge is 2.32. The van der Waals surface area contributed by atoms with Crippen LogP contribution in [0, 0.1) is 21.4 Å². The zero-order chi connectivity index (χ0) is 20.3. The largest absolute Gasteiger partial charge is 0.336 e. The fourth-order valence-corrected chi connectivity index (χ4v) is 4.55. The lowest BCUT2D eigenvalue weighted by atomic mass is 10.1. The first-order valence-electron chi connectivity index (χ1n) is 8.37. The molecule has 0 saturated carbocycles. The summed E-state index contributed by atoms with van der Waals surface area (Å²) in [5.41, 5.74) is 0.0677. The van der Waals surface area contributed by atoms with Crippen molar-refractivity contribution in [3.05, 3.63) is 69.8 Å². The lowest BCUT2D eigenvalue weighted by molar-refractivity contribution is -0.384. The third-order valence-corrected chi connectivity index (χ3v) is 6.41. The molecule has 1 aliphatic heterocycles. The molecule has 0 N–H and O–H groups in total. The summed E-state index contributed by atoms with van der Waals surface area (Å²) >= 11 is 0. The number of rotatable bonds is 4. The summed E-state index contributed by atoms with van der Waals surface area (Å²) < 4.78 is 26.9. The van der Waals surface area contributed by atoms with Crippen LogP contribution in [0.1, 0.15) is 15.9 Å². The zero-order valence-electron chi connectivity index (χ0n) is 14.7. The summed E-state index contributed by atoms with van der Waals surface area (Å²) in [6.45, 7) is 0.441. The number of benzene rings is 2. The maximum Gasteiger partial charge on any atom is 0.270 e. The molecule has 0 aromatic heterocycles. The third kappa shape index (κ3) is 3.71. The highest BCUT2D eigenvalue weighted by atomic mass is 32.2. The average molecular weight is 400 g/mol. The van der Waals surface area contributed by atoms with Gasteiger partial charge in [-0.3, -0.25) is 14.9 Å². The highest BCUT2D eigenvalue weighted by Crippen LogP contribution is 2.22. The van der Waals surface area contributed by atoms with E-state index < -0.39 is 20.9 Å². The summed E-state index contributed by atoms with van der Waals surface area (Å²) in [5.74, 6) is -0.391. The SMILES string of the molecule is N#Cc1ccccc1S(=O)(=O)N1CCN(C(=O)c2cccc([N+](=O)[O-])c2)CC1. The quantitative estimate of drug-likeness (QED) is 0.567. The number of hydrogen-bond donors (Lipinski definition) is 0. The van der Waals surface area contributed by atoms with E-state index in [1.54, 1.807) is 12.1 Å². The Morgan fingerprint density at radius 2 is 1.75 bits per heavy atom. The van der Waals surface area contributed by atoms with Gasteiger partial charge in [-0.25, -0.2) is 8.42 Å². The molecule has 9 nitrogen and oxygen atoms in total. The number of sulfonamides is 1. The lowest BCUT2D eigenvalue weighted by Gasteiger charge is -2.34. The van der Waals surface area contributed by atoms with Crippen LogP contribution in [0.5, 0.6) is 0 Å². The molecule has 2 aromatic carbocycles. The van der Waals surface area contributed by atoms with Crippen molar-refractivity contribution < 1.29 is 18.1 Å². The van der Waals surface area contributed by atoms with E-state index in [0.29, 0.717) is 0 Å². The molecule has 0 atom stereocenters. The number of hydrogen-bond acceptors (Lipinski definition) is 6. The van der Waals surface area contributed by atoms with Gasteiger partial charge < -0.3 is 4.90 Å². The van der Waals surface area contributed by atoms with E-state index in [1.165, 1.54) is 45.6 Å². The Bertz CT molecular complexity index is 1070. The van der Waals surface area contributed by atoms with Crippen LogP contribution in [-0.2, 0) is 10.0 Å². The molecule has 28 heavy (non-hydrogen) atoms. The van der Waals surface area contributed by atoms with Gasteiger partial charge in [0, 0.05) is 43.9 Å². The molecular formula is C18H16N4O5S. The molecular weight excluding hydrogens is 384 g/mol. The van der Waals surface area contributed by atoms with Gasteiger partial charge in [-0.2, -0.15) is 9.57 Å². The van der Waals surface area contributed by atoms with Crippen molar-refractivity contribution in [3.63, 3.8) is 0 Å². The molecule has 1 saturated heterocycles. The Hall–Kier alpha value is -3.29. The number of non-ortho nitro benzene ring substituents is 1. The highest BCUT2D eigenvalue weighted by molar-refractivity contribution is 7.89. The smallest absolute Gasteiger partial charge is 0.270 e. The number of piperazine rings is 1. The number of carbonyl (C=O) groups excluding carboxylic acids is 1. The molecule has 10 heteroatoms. The molecule has 0 spiro atoms. The minimum Gasteiger partial charge on any atom is -0.336 e. The molecule has 1 amide bonds. The predicted molar refractivity (Wildman–Crippen MR) is 98.9 cm³/mol. The second-order valence-electron chi connectivity index (χ2n) is 6.11. The van der Waals surface area contributed by atoms with Crippen molar-refractivity contribution in [2.45, 2.75) is 4.90 Å². The van der Waals surface area contributed by atoms with E-state index in [2.05, 4.69) is 0 Å². The molecule has 0 aliphatic carbocycles. The Morgan fingerprint density at radius 3 is 2.39 bits per heavy atom. The first-order valence-corrected chi connectivity index (χ1v) is 9.81. The van der Waals surface area contributed by atoms with E-state index in [-0.39, 0.29) is 47.9 Å². The van der Waals surface area contributed by atoms with Crippen LogP contribution in [0.25, 0.3) is 0 Å². The van der Waals surface area contributed by atoms with Crippen molar-refractivity contribution >= 4 is 21.6 Å². The van der Waals surface area contributed by atoms with Gasteiger partial charge in [0.15, 0.2) is 0 Å². The van der Waals surface area contributed by atoms with Crippen molar-refractivity contribution in [1.29, 1.82) is 5.26 Å². The van der Waals surface area contributed by atoms with Crippen molar-refractivity contribution in [2.24, 2.45) is 0 Å². The van der Waals surface area contributed by atoms with E-state index in [4.69, 9.17) is 5.26 Å². The molecule has 0 radical (unpaired) electrons. The Labute approximate surface area is 161 Å². The predicted octanol–water partition coefficient (Wildman–Crippen LogP) is 1.61. The van der Waals surface area contributed by atoms with Gasteiger partial charge in [0.05, 0.1) is 15.4 Å². The van der Waals surface area contributed by atoms with Gasteiger partial charge in [0.1, 0.15) is 6.07 Å². The van der Waals surface area contributed by atoms with Crippen LogP contribution in [0.15, 0.2) is 53.4 Å². The summed E-state index contributed by atoms with van der Waals surface area (Å²) in [4.78, 5) is 24.3. The molecule has 3 rings (SSSR count). The Kier molecular flexibility index (Phi) is 5.39. The first kappa shape index (κ1) is 19.5. The topological polar surface area (TPSA) is 125 Å². The zero-order valence-corrected chi connectivity index (χ0v) is 15.5. The molecule has 1 aliphatic rings. The molecule has 0 unspecified atom stereocenters. The van der Waals surface area contributed by atoms with Gasteiger partial charge >= 0.3 is 0 Å². The van der Waals surface area contributed by atoms with Gasteiger partial charge in [-0.1, -0.05) is 18.2 Å². The van der Waals surface area contributed by atoms with Gasteiger partial charge in [-0.15, -0.1) is 0 Å². The van der Waals surface area contributed by atoms with Crippen LogP contribution in [0.3, 0.4) is 0 Å². The Morgan fingerprint density at radius 1 is 1.07 bits per heavy atom. The number of nitro benzene ring substituents is 1. The molecule has 0 bridgehead atoms. The van der Waals surface area contributed by atoms with Crippen LogP contribution >= 0.6 is 0 Å². The van der Waals surface area contributed by atoms with Gasteiger partial charge in [0.2, 0.25) is 10.0 Å². The summed E-state index contributed by atoms with van der Waals surface area (Å²) in [5, 5.41) is 20.0. The maximum atomic E-state index is 12.8. The average Bonchev–Trinajstić information content (AvgIpc) is 2.73. The van der Waals surface area contributed by atoms with Crippen molar-refractivity contribution in [3.8, 4) is 6.07 Å². The fourth-order valence-electron chi connectivity index (χ4n) is 2.99. The number of amides is 1. The number of nitriles is 1. The van der Waals surface area contributed by atoms with E-state index in [9.17, 15) is 23.3 Å².